The van der Waals surface area contributed by atoms with Crippen molar-refractivity contribution in [2.75, 3.05) is 10.7 Å². The van der Waals surface area contributed by atoms with Gasteiger partial charge in [0.25, 0.3) is 0 Å². The number of pyridine rings is 1. The third-order valence-corrected chi connectivity index (χ3v) is 8.16. The number of imidazole rings is 1. The van der Waals surface area contributed by atoms with E-state index in [0.29, 0.717) is 11.3 Å². The molecule has 0 bridgehead atoms. The summed E-state index contributed by atoms with van der Waals surface area (Å²) in [6.45, 7) is 3.45. The molecule has 1 unspecified atom stereocenters. The number of carbonyl (C=O) groups excluding carboxylic acids is 3. The fraction of sp³-hybridized carbons (Fsp3) is 0.348. The first kappa shape index (κ1) is 27.2. The molecule has 0 radical (unpaired) electrons. The largest absolute Gasteiger partial charge is 0.497 e. The van der Waals surface area contributed by atoms with Gasteiger partial charge in [-0.25, -0.2) is 23.0 Å². The zero-order chi connectivity index (χ0) is 28.1. The van der Waals surface area contributed by atoms with E-state index in [4.69, 9.17) is 4.84 Å². The first-order valence-corrected chi connectivity index (χ1v) is 13.0. The molecule has 3 aromatic rings. The number of imide groups is 1. The van der Waals surface area contributed by atoms with Gasteiger partial charge in [0.1, 0.15) is 0 Å². The van der Waals surface area contributed by atoms with Crippen molar-refractivity contribution in [3.05, 3.63) is 48.3 Å². The Hall–Kier alpha value is -3.85. The summed E-state index contributed by atoms with van der Waals surface area (Å²) in [6.07, 6.45) is -2.41. The highest BCUT2D eigenvalue weighted by molar-refractivity contribution is 7.91. The van der Waals surface area contributed by atoms with E-state index in [2.05, 4.69) is 15.0 Å². The predicted octanol–water partition coefficient (Wildman–Crippen LogP) is 3.42. The molecule has 38 heavy (non-hydrogen) atoms. The molecule has 3 amide bonds. The Balaban J connectivity index is 1.83. The molecule has 1 aliphatic rings. The molecule has 15 heteroatoms. The molecule has 0 saturated carbocycles. The molecule has 3 heterocycles. The first-order valence-electron chi connectivity index (χ1n) is 11.3. The van der Waals surface area contributed by atoms with E-state index in [-0.39, 0.29) is 33.2 Å². The molecular weight excluding hydrogens is 531 g/mol. The Labute approximate surface area is 214 Å². The number of urea groups is 1. The number of benzene rings is 1. The van der Waals surface area contributed by atoms with Crippen molar-refractivity contribution in [1.29, 1.82) is 0 Å². The lowest BCUT2D eigenvalue weighted by Gasteiger charge is -2.35. The van der Waals surface area contributed by atoms with Crippen molar-refractivity contribution in [2.24, 2.45) is 0 Å². The zero-order valence-electron chi connectivity index (χ0n) is 20.4. The van der Waals surface area contributed by atoms with Crippen LogP contribution in [-0.4, -0.2) is 63.4 Å². The van der Waals surface area contributed by atoms with Crippen molar-refractivity contribution in [3.63, 3.8) is 0 Å². The third-order valence-electron chi connectivity index (χ3n) is 6.24. The second kappa shape index (κ2) is 9.16. The van der Waals surface area contributed by atoms with Crippen LogP contribution >= 0.6 is 0 Å². The third kappa shape index (κ3) is 4.41. The lowest BCUT2D eigenvalue weighted by molar-refractivity contribution is -1.06. The Morgan fingerprint density at radius 2 is 1.82 bits per heavy atom. The number of nitrogens with one attached hydrogen (secondary N) is 1. The number of hydroxylamine groups is 3. The Morgan fingerprint density at radius 3 is 2.42 bits per heavy atom. The number of anilines is 1. The highest BCUT2D eigenvalue weighted by atomic mass is 32.2. The number of fused-ring (bicyclic) bond motifs is 1. The smallest absolute Gasteiger partial charge is 0.323 e. The van der Waals surface area contributed by atoms with Gasteiger partial charge in [-0.15, -0.1) is 0 Å². The highest BCUT2D eigenvalue weighted by Crippen LogP contribution is 2.42. The van der Waals surface area contributed by atoms with E-state index in [9.17, 15) is 36.0 Å². The summed E-state index contributed by atoms with van der Waals surface area (Å²) in [5.41, 5.74) is -1.39. The maximum atomic E-state index is 13.8. The summed E-state index contributed by atoms with van der Waals surface area (Å²) >= 11 is 0. The van der Waals surface area contributed by atoms with Crippen molar-refractivity contribution < 1.29 is 45.5 Å². The van der Waals surface area contributed by atoms with Gasteiger partial charge in [0.15, 0.2) is 16.4 Å². The number of aromatic amines is 1. The quantitative estimate of drug-likeness (QED) is 0.346. The predicted molar refractivity (Wildman–Crippen MR) is 126 cm³/mol. The maximum Gasteiger partial charge on any atom is 0.497 e. The van der Waals surface area contributed by atoms with Crippen LogP contribution in [0, 0.1) is 0 Å². The molecule has 1 aliphatic heterocycles. The molecule has 1 atom stereocenters. The summed E-state index contributed by atoms with van der Waals surface area (Å²) in [5, 5.41) is 0. The maximum absolute atomic E-state index is 13.8. The van der Waals surface area contributed by atoms with Crippen molar-refractivity contribution >= 4 is 44.7 Å². The number of sulfone groups is 1. The van der Waals surface area contributed by atoms with Crippen molar-refractivity contribution in [3.8, 4) is 0 Å². The van der Waals surface area contributed by atoms with Crippen LogP contribution in [0.3, 0.4) is 0 Å². The first-order chi connectivity index (χ1) is 17.6. The number of alkyl halides is 3. The number of carbonyl (C=O) groups is 3. The standard InChI is InChI=1S/C23H23F3N5O6S/c1-4-11-38(35,36)15-5-6-16-17(12-15)29-20(28-16)30-18(32)22(2,3)31(21(30)34,37-19(33)23(24,25)26)13-14-7-9-27-10-8-14/h5-10,12H,4,11,13H2,1-3H3,(H,28,29)/q+1. The molecule has 1 saturated heterocycles. The van der Waals surface area contributed by atoms with Crippen LogP contribution < -0.4 is 4.90 Å². The lowest BCUT2D eigenvalue weighted by atomic mass is 10.0. The van der Waals surface area contributed by atoms with E-state index in [0.717, 1.165) is 0 Å². The van der Waals surface area contributed by atoms with Gasteiger partial charge < -0.3 is 4.98 Å². The number of nitrogens with zero attached hydrogens (tertiary/aromatic N) is 4. The molecule has 1 N–H and O–H groups in total. The van der Waals surface area contributed by atoms with Crippen molar-refractivity contribution in [1.82, 2.24) is 15.0 Å². The second-order valence-corrected chi connectivity index (χ2v) is 11.3. The number of quaternary nitrogens is 1. The molecule has 11 nitrogen and oxygen atoms in total. The molecule has 2 aromatic heterocycles. The van der Waals surface area contributed by atoms with Crippen LogP contribution in [0.15, 0.2) is 47.6 Å². The molecule has 0 spiro atoms. The van der Waals surface area contributed by atoms with Crippen LogP contribution in [0.5, 0.6) is 0 Å². The monoisotopic (exact) mass is 554 g/mol. The lowest BCUT2D eigenvalue weighted by Crippen LogP contribution is -2.62. The molecular formula is C23H23F3N5O6S+. The van der Waals surface area contributed by atoms with E-state index in [1.807, 2.05) is 0 Å². The van der Waals surface area contributed by atoms with Crippen molar-refractivity contribution in [2.45, 2.75) is 50.3 Å². The van der Waals surface area contributed by atoms with Crippen LogP contribution in [-0.2, 0) is 30.8 Å². The SMILES string of the molecule is CCCS(=O)(=O)c1ccc2nc(N3C(=O)C(C)(C)[N+](Cc4ccncc4)(OC(=O)C(F)(F)F)C3=O)[nH]c2c1. The van der Waals surface area contributed by atoms with E-state index < -0.39 is 50.7 Å². The minimum atomic E-state index is -5.45. The number of rotatable bonds is 7. The minimum absolute atomic E-state index is 0.0108. The Bertz CT molecular complexity index is 1540. The summed E-state index contributed by atoms with van der Waals surface area (Å²) in [5.74, 6) is -4.12. The van der Waals surface area contributed by atoms with Gasteiger partial charge in [0.2, 0.25) is 11.5 Å². The number of amides is 3. The average Bonchev–Trinajstić information content (AvgIpc) is 3.31. The van der Waals surface area contributed by atoms with Crippen LogP contribution in [0.25, 0.3) is 11.0 Å². The number of hydrogen-bond donors (Lipinski definition) is 1. The van der Waals surface area contributed by atoms with Crippen LogP contribution in [0.1, 0.15) is 32.8 Å². The fourth-order valence-electron chi connectivity index (χ4n) is 4.15. The summed E-state index contributed by atoms with van der Waals surface area (Å²) in [7, 11) is -3.60. The summed E-state index contributed by atoms with van der Waals surface area (Å²) < 4.78 is 63.1. The number of halogens is 3. The van der Waals surface area contributed by atoms with Gasteiger partial charge in [-0.05, 0) is 41.4 Å². The number of H-pyrrole nitrogens is 1. The number of aromatic nitrogens is 3. The highest BCUT2D eigenvalue weighted by Gasteiger charge is 2.72. The van der Waals surface area contributed by atoms with Gasteiger partial charge in [-0.2, -0.15) is 18.1 Å². The Morgan fingerprint density at radius 1 is 1.16 bits per heavy atom. The van der Waals surface area contributed by atoms with E-state index >= 15 is 0 Å². The Kier molecular flexibility index (Phi) is 6.56. The molecule has 4 rings (SSSR count). The van der Waals surface area contributed by atoms with Crippen LogP contribution in [0.2, 0.25) is 0 Å². The topological polar surface area (TPSA) is 139 Å². The summed E-state index contributed by atoms with van der Waals surface area (Å²) in [6, 6.07) is 5.48. The minimum Gasteiger partial charge on any atom is -0.323 e. The second-order valence-electron chi connectivity index (χ2n) is 9.17. The van der Waals surface area contributed by atoms with Crippen LogP contribution in [0.4, 0.5) is 23.9 Å². The molecule has 1 aromatic carbocycles. The molecule has 0 aliphatic carbocycles. The molecule has 202 valence electrons. The average molecular weight is 555 g/mol. The van der Waals surface area contributed by atoms with Gasteiger partial charge in [-0.1, -0.05) is 6.92 Å². The van der Waals surface area contributed by atoms with E-state index in [1.54, 1.807) is 6.92 Å². The van der Waals surface area contributed by atoms with Gasteiger partial charge in [0.05, 0.1) is 21.7 Å². The normalized spacial score (nSPS) is 19.8. The van der Waals surface area contributed by atoms with Gasteiger partial charge in [-0.3, -0.25) is 14.6 Å². The fourth-order valence-corrected chi connectivity index (χ4v) is 5.50. The van der Waals surface area contributed by atoms with Gasteiger partial charge in [0, 0.05) is 31.8 Å². The van der Waals surface area contributed by atoms with E-state index in [1.165, 1.54) is 56.6 Å². The summed E-state index contributed by atoms with van der Waals surface area (Å²) in [4.78, 5) is 55.3. The zero-order valence-corrected chi connectivity index (χ0v) is 21.3. The number of hydrogen-bond acceptors (Lipinski definition) is 8. The molecule has 1 fully saturated rings. The van der Waals surface area contributed by atoms with Gasteiger partial charge >= 0.3 is 24.1 Å².